The van der Waals surface area contributed by atoms with Gasteiger partial charge in [-0.25, -0.2) is 9.18 Å². The minimum absolute atomic E-state index is 0.298. The zero-order valence-electron chi connectivity index (χ0n) is 11.2. The van der Waals surface area contributed by atoms with E-state index in [1.54, 1.807) is 12.1 Å². The van der Waals surface area contributed by atoms with Crippen LogP contribution < -0.4 is 5.63 Å². The average Bonchev–Trinajstić information content (AvgIpc) is 2.41. The lowest BCUT2D eigenvalue weighted by Gasteiger charge is -2.08. The van der Waals surface area contributed by atoms with Crippen LogP contribution in [-0.4, -0.2) is 0 Å². The fourth-order valence-corrected chi connectivity index (χ4v) is 2.29. The van der Waals surface area contributed by atoms with E-state index in [4.69, 9.17) is 4.42 Å². The van der Waals surface area contributed by atoms with Crippen molar-refractivity contribution in [3.05, 3.63) is 69.8 Å². The predicted octanol–water partition coefficient (Wildman–Crippen LogP) is 4.22. The first-order chi connectivity index (χ1) is 9.54. The summed E-state index contributed by atoms with van der Waals surface area (Å²) in [6.45, 7) is 3.98. The molecule has 0 fully saturated rings. The molecule has 0 amide bonds. The summed E-state index contributed by atoms with van der Waals surface area (Å²) in [6, 6.07) is 11.4. The molecule has 0 saturated carbocycles. The summed E-state index contributed by atoms with van der Waals surface area (Å²) in [4.78, 5) is 11.7. The van der Waals surface area contributed by atoms with Crippen molar-refractivity contribution in [2.45, 2.75) is 13.8 Å². The SMILES string of the molecule is Cc1cc2oc(=O)cc(-c3ccc(F)cc3)c2cc1C. The van der Waals surface area contributed by atoms with Crippen molar-refractivity contribution in [1.29, 1.82) is 0 Å². The first-order valence-corrected chi connectivity index (χ1v) is 6.35. The first kappa shape index (κ1) is 12.6. The summed E-state index contributed by atoms with van der Waals surface area (Å²) in [6.07, 6.45) is 0. The fourth-order valence-electron chi connectivity index (χ4n) is 2.29. The van der Waals surface area contributed by atoms with Crippen LogP contribution in [0.2, 0.25) is 0 Å². The second-order valence-electron chi connectivity index (χ2n) is 4.92. The van der Waals surface area contributed by atoms with Gasteiger partial charge in [-0.15, -0.1) is 0 Å². The van der Waals surface area contributed by atoms with E-state index in [-0.39, 0.29) is 5.82 Å². The van der Waals surface area contributed by atoms with Crippen molar-refractivity contribution in [2.24, 2.45) is 0 Å². The number of halogens is 1. The highest BCUT2D eigenvalue weighted by atomic mass is 19.1. The van der Waals surface area contributed by atoms with Gasteiger partial charge in [-0.2, -0.15) is 0 Å². The highest BCUT2D eigenvalue weighted by Gasteiger charge is 2.09. The molecule has 1 heterocycles. The maximum atomic E-state index is 13.0. The molecule has 3 rings (SSSR count). The molecule has 0 aliphatic heterocycles. The third kappa shape index (κ3) is 2.11. The summed E-state index contributed by atoms with van der Waals surface area (Å²) >= 11 is 0. The van der Waals surface area contributed by atoms with E-state index in [0.29, 0.717) is 5.58 Å². The highest BCUT2D eigenvalue weighted by Crippen LogP contribution is 2.29. The van der Waals surface area contributed by atoms with Crippen LogP contribution in [0.3, 0.4) is 0 Å². The lowest BCUT2D eigenvalue weighted by molar-refractivity contribution is 0.561. The van der Waals surface area contributed by atoms with E-state index >= 15 is 0 Å². The lowest BCUT2D eigenvalue weighted by atomic mass is 9.99. The second kappa shape index (κ2) is 4.60. The third-order valence-corrected chi connectivity index (χ3v) is 3.51. The molecule has 2 nitrogen and oxygen atoms in total. The van der Waals surface area contributed by atoms with Crippen LogP contribution in [0, 0.1) is 19.7 Å². The van der Waals surface area contributed by atoms with Crippen molar-refractivity contribution in [3.8, 4) is 11.1 Å². The van der Waals surface area contributed by atoms with E-state index in [0.717, 1.165) is 27.6 Å². The summed E-state index contributed by atoms with van der Waals surface area (Å²) in [7, 11) is 0. The van der Waals surface area contributed by atoms with Gasteiger partial charge in [0.05, 0.1) is 0 Å². The fraction of sp³-hybridized carbons (Fsp3) is 0.118. The number of aryl methyl sites for hydroxylation is 2. The maximum Gasteiger partial charge on any atom is 0.336 e. The Kier molecular flexibility index (Phi) is 2.90. The number of benzene rings is 2. The quantitative estimate of drug-likeness (QED) is 0.619. The molecule has 0 bridgehead atoms. The van der Waals surface area contributed by atoms with E-state index < -0.39 is 5.63 Å². The highest BCUT2D eigenvalue weighted by molar-refractivity contribution is 5.93. The minimum atomic E-state index is -0.403. The molecule has 0 N–H and O–H groups in total. The van der Waals surface area contributed by atoms with Gasteiger partial charge < -0.3 is 4.42 Å². The minimum Gasteiger partial charge on any atom is -0.423 e. The Morgan fingerprint density at radius 1 is 0.950 bits per heavy atom. The molecule has 0 unspecified atom stereocenters. The van der Waals surface area contributed by atoms with E-state index in [1.807, 2.05) is 26.0 Å². The summed E-state index contributed by atoms with van der Waals surface area (Å²) in [5, 5.41) is 0.860. The Balaban J connectivity index is 2.37. The molecular formula is C17H13FO2. The number of hydrogen-bond donors (Lipinski definition) is 0. The van der Waals surface area contributed by atoms with Crippen LogP contribution in [0.5, 0.6) is 0 Å². The smallest absolute Gasteiger partial charge is 0.336 e. The molecule has 20 heavy (non-hydrogen) atoms. The van der Waals surface area contributed by atoms with Crippen molar-refractivity contribution < 1.29 is 8.81 Å². The molecule has 3 heteroatoms. The van der Waals surface area contributed by atoms with Gasteiger partial charge in [-0.3, -0.25) is 0 Å². The Morgan fingerprint density at radius 2 is 1.60 bits per heavy atom. The van der Waals surface area contributed by atoms with Crippen LogP contribution in [-0.2, 0) is 0 Å². The molecule has 0 aliphatic carbocycles. The average molecular weight is 268 g/mol. The molecule has 1 aromatic heterocycles. The van der Waals surface area contributed by atoms with Gasteiger partial charge in [-0.1, -0.05) is 12.1 Å². The Bertz CT molecular complexity index is 845. The summed E-state index contributed by atoms with van der Waals surface area (Å²) < 4.78 is 18.3. The van der Waals surface area contributed by atoms with Gasteiger partial charge in [0.25, 0.3) is 0 Å². The Morgan fingerprint density at radius 3 is 2.30 bits per heavy atom. The van der Waals surface area contributed by atoms with Crippen molar-refractivity contribution in [3.63, 3.8) is 0 Å². The Labute approximate surface area is 115 Å². The zero-order valence-corrected chi connectivity index (χ0v) is 11.2. The van der Waals surface area contributed by atoms with E-state index in [2.05, 4.69) is 0 Å². The molecular weight excluding hydrogens is 255 g/mol. The molecule has 0 atom stereocenters. The Hall–Kier alpha value is -2.42. The first-order valence-electron chi connectivity index (χ1n) is 6.35. The largest absolute Gasteiger partial charge is 0.423 e. The topological polar surface area (TPSA) is 30.2 Å². The number of hydrogen-bond acceptors (Lipinski definition) is 2. The van der Waals surface area contributed by atoms with Crippen LogP contribution in [0.4, 0.5) is 4.39 Å². The second-order valence-corrected chi connectivity index (χ2v) is 4.92. The van der Waals surface area contributed by atoms with Crippen LogP contribution in [0.15, 0.2) is 51.7 Å². The third-order valence-electron chi connectivity index (χ3n) is 3.51. The van der Waals surface area contributed by atoms with Gasteiger partial charge in [0.15, 0.2) is 0 Å². The molecule has 0 radical (unpaired) electrons. The van der Waals surface area contributed by atoms with Crippen LogP contribution in [0.1, 0.15) is 11.1 Å². The van der Waals surface area contributed by atoms with E-state index in [9.17, 15) is 9.18 Å². The molecule has 100 valence electrons. The normalized spacial score (nSPS) is 10.9. The zero-order chi connectivity index (χ0) is 14.3. The van der Waals surface area contributed by atoms with E-state index in [1.165, 1.54) is 18.2 Å². The number of fused-ring (bicyclic) bond motifs is 1. The van der Waals surface area contributed by atoms with Gasteiger partial charge in [0.2, 0.25) is 0 Å². The molecule has 0 aliphatic rings. The van der Waals surface area contributed by atoms with Gasteiger partial charge in [0, 0.05) is 11.5 Å². The maximum absolute atomic E-state index is 13.0. The van der Waals surface area contributed by atoms with Crippen molar-refractivity contribution >= 4 is 11.0 Å². The molecule has 3 aromatic rings. The van der Waals surface area contributed by atoms with Gasteiger partial charge >= 0.3 is 5.63 Å². The molecule has 0 saturated heterocycles. The lowest BCUT2D eigenvalue weighted by Crippen LogP contribution is -1.99. The molecule has 2 aromatic carbocycles. The summed E-state index contributed by atoms with van der Waals surface area (Å²) in [5.41, 5.74) is 3.90. The summed E-state index contributed by atoms with van der Waals surface area (Å²) in [5.74, 6) is -0.298. The monoisotopic (exact) mass is 268 g/mol. The predicted molar refractivity (Wildman–Crippen MR) is 77.4 cm³/mol. The van der Waals surface area contributed by atoms with Gasteiger partial charge in [0.1, 0.15) is 11.4 Å². The standard InChI is InChI=1S/C17H13FO2/c1-10-7-15-14(12-3-5-13(18)6-4-12)9-17(19)20-16(15)8-11(10)2/h3-9H,1-2H3. The van der Waals surface area contributed by atoms with Crippen molar-refractivity contribution in [1.82, 2.24) is 0 Å². The van der Waals surface area contributed by atoms with Crippen LogP contribution in [0.25, 0.3) is 22.1 Å². The number of rotatable bonds is 1. The van der Waals surface area contributed by atoms with Crippen molar-refractivity contribution in [2.75, 3.05) is 0 Å². The van der Waals surface area contributed by atoms with Crippen LogP contribution >= 0.6 is 0 Å². The molecule has 0 spiro atoms. The van der Waals surface area contributed by atoms with Gasteiger partial charge in [-0.05, 0) is 60.4 Å².